The van der Waals surface area contributed by atoms with Crippen molar-refractivity contribution < 1.29 is 19.0 Å². The van der Waals surface area contributed by atoms with Crippen LogP contribution < -0.4 is 14.8 Å². The highest BCUT2D eigenvalue weighted by atomic mass is 19.1. The van der Waals surface area contributed by atoms with E-state index in [4.69, 9.17) is 9.47 Å². The summed E-state index contributed by atoms with van der Waals surface area (Å²) in [5, 5.41) is 13.0. The number of rotatable bonds is 5. The molecular formula is C19H22FNO3. The van der Waals surface area contributed by atoms with Gasteiger partial charge in [-0.15, -0.1) is 0 Å². The number of phenols is 1. The molecule has 0 aliphatic carbocycles. The monoisotopic (exact) mass is 331 g/mol. The number of halogens is 1. The molecule has 2 aromatic rings. The van der Waals surface area contributed by atoms with Crippen LogP contribution in [0, 0.1) is 11.7 Å². The molecule has 0 saturated carbocycles. The third kappa shape index (κ3) is 3.79. The Balaban J connectivity index is 1.69. The van der Waals surface area contributed by atoms with Crippen molar-refractivity contribution in [2.45, 2.75) is 12.3 Å². The molecule has 2 N–H and O–H groups in total. The SMILES string of the molecule is COc1cc(OC[C@@H]2CNCC[C@@H]2c2ccc(F)cc2)ccc1O. The first-order valence-corrected chi connectivity index (χ1v) is 8.13. The number of benzene rings is 2. The van der Waals surface area contributed by atoms with Gasteiger partial charge in [0.05, 0.1) is 13.7 Å². The highest BCUT2D eigenvalue weighted by molar-refractivity contribution is 5.44. The van der Waals surface area contributed by atoms with Gasteiger partial charge in [0.25, 0.3) is 0 Å². The maximum Gasteiger partial charge on any atom is 0.164 e. The van der Waals surface area contributed by atoms with Gasteiger partial charge in [-0.1, -0.05) is 12.1 Å². The molecule has 1 heterocycles. The van der Waals surface area contributed by atoms with Gasteiger partial charge in [-0.25, -0.2) is 4.39 Å². The lowest BCUT2D eigenvalue weighted by Crippen LogP contribution is -2.38. The summed E-state index contributed by atoms with van der Waals surface area (Å²) in [6, 6.07) is 11.7. The minimum absolute atomic E-state index is 0.0911. The van der Waals surface area contributed by atoms with E-state index in [1.54, 1.807) is 18.2 Å². The molecule has 24 heavy (non-hydrogen) atoms. The lowest BCUT2D eigenvalue weighted by atomic mass is 9.81. The van der Waals surface area contributed by atoms with Crippen LogP contribution in [-0.2, 0) is 0 Å². The van der Waals surface area contributed by atoms with Crippen LogP contribution >= 0.6 is 0 Å². The van der Waals surface area contributed by atoms with E-state index in [1.165, 1.54) is 19.2 Å². The largest absolute Gasteiger partial charge is 0.504 e. The normalized spacial score (nSPS) is 20.6. The van der Waals surface area contributed by atoms with Crippen molar-refractivity contribution in [3.05, 3.63) is 53.8 Å². The maximum atomic E-state index is 13.2. The summed E-state index contributed by atoms with van der Waals surface area (Å²) in [4.78, 5) is 0. The topological polar surface area (TPSA) is 50.7 Å². The standard InChI is InChI=1S/C19H22FNO3/c1-23-19-10-16(6-7-18(19)22)24-12-14-11-21-9-8-17(14)13-2-4-15(20)5-3-13/h2-7,10,14,17,21-22H,8-9,11-12H2,1H3/t14-,17+/m0/s1. The summed E-state index contributed by atoms with van der Waals surface area (Å²) in [7, 11) is 1.51. The van der Waals surface area contributed by atoms with Gasteiger partial charge < -0.3 is 19.9 Å². The zero-order valence-corrected chi connectivity index (χ0v) is 13.7. The number of piperidine rings is 1. The van der Waals surface area contributed by atoms with Crippen molar-refractivity contribution in [2.75, 3.05) is 26.8 Å². The van der Waals surface area contributed by atoms with E-state index < -0.39 is 0 Å². The van der Waals surface area contributed by atoms with Crippen LogP contribution in [-0.4, -0.2) is 31.9 Å². The van der Waals surface area contributed by atoms with Gasteiger partial charge in [0, 0.05) is 18.5 Å². The molecule has 4 nitrogen and oxygen atoms in total. The third-order valence-corrected chi connectivity index (χ3v) is 4.52. The molecule has 2 atom stereocenters. The average molecular weight is 331 g/mol. The van der Waals surface area contributed by atoms with Crippen LogP contribution in [0.3, 0.4) is 0 Å². The summed E-state index contributed by atoms with van der Waals surface area (Å²) in [6.45, 7) is 2.35. The number of hydrogen-bond acceptors (Lipinski definition) is 4. The molecule has 1 aliphatic heterocycles. The fourth-order valence-corrected chi connectivity index (χ4v) is 3.20. The van der Waals surface area contributed by atoms with Crippen molar-refractivity contribution >= 4 is 0 Å². The molecule has 0 unspecified atom stereocenters. The Hall–Kier alpha value is -2.27. The van der Waals surface area contributed by atoms with Crippen molar-refractivity contribution in [1.29, 1.82) is 0 Å². The van der Waals surface area contributed by atoms with Gasteiger partial charge >= 0.3 is 0 Å². The Morgan fingerprint density at radius 1 is 1.21 bits per heavy atom. The van der Waals surface area contributed by atoms with Crippen LogP contribution in [0.5, 0.6) is 17.2 Å². The lowest BCUT2D eigenvalue weighted by Gasteiger charge is -2.32. The number of phenolic OH excluding ortho intramolecular Hbond substituents is 1. The molecular weight excluding hydrogens is 309 g/mol. The Kier molecular flexibility index (Phi) is 5.20. The van der Waals surface area contributed by atoms with E-state index in [0.29, 0.717) is 29.9 Å². The summed E-state index contributed by atoms with van der Waals surface area (Å²) >= 11 is 0. The number of hydrogen-bond donors (Lipinski definition) is 2. The molecule has 128 valence electrons. The van der Waals surface area contributed by atoms with E-state index in [0.717, 1.165) is 25.1 Å². The van der Waals surface area contributed by atoms with Gasteiger partial charge in [-0.2, -0.15) is 0 Å². The van der Waals surface area contributed by atoms with E-state index in [1.807, 2.05) is 12.1 Å². The number of nitrogens with one attached hydrogen (secondary N) is 1. The first-order chi connectivity index (χ1) is 11.7. The average Bonchev–Trinajstić information content (AvgIpc) is 2.62. The molecule has 0 spiro atoms. The Morgan fingerprint density at radius 3 is 2.75 bits per heavy atom. The molecule has 0 bridgehead atoms. The highest BCUT2D eigenvalue weighted by Crippen LogP contribution is 2.33. The van der Waals surface area contributed by atoms with Crippen LogP contribution in [0.25, 0.3) is 0 Å². The second-order valence-electron chi connectivity index (χ2n) is 6.06. The van der Waals surface area contributed by atoms with Gasteiger partial charge in [-0.3, -0.25) is 0 Å². The predicted octanol–water partition coefficient (Wildman–Crippen LogP) is 3.31. The third-order valence-electron chi connectivity index (χ3n) is 4.52. The number of methoxy groups -OCH3 is 1. The van der Waals surface area contributed by atoms with Gasteiger partial charge in [0.2, 0.25) is 0 Å². The Morgan fingerprint density at radius 2 is 2.00 bits per heavy atom. The van der Waals surface area contributed by atoms with E-state index in [2.05, 4.69) is 5.32 Å². The predicted molar refractivity (Wildman–Crippen MR) is 90.3 cm³/mol. The van der Waals surface area contributed by atoms with E-state index in [9.17, 15) is 9.50 Å². The van der Waals surface area contributed by atoms with Crippen molar-refractivity contribution in [2.24, 2.45) is 5.92 Å². The molecule has 2 aromatic carbocycles. The molecule has 3 rings (SSSR count). The maximum absolute atomic E-state index is 13.2. The fourth-order valence-electron chi connectivity index (χ4n) is 3.20. The zero-order valence-electron chi connectivity index (χ0n) is 13.7. The van der Waals surface area contributed by atoms with Crippen molar-refractivity contribution in [1.82, 2.24) is 5.32 Å². The molecule has 0 amide bonds. The number of ether oxygens (including phenoxy) is 2. The lowest BCUT2D eigenvalue weighted by molar-refractivity contribution is 0.196. The van der Waals surface area contributed by atoms with Gasteiger partial charge in [-0.05, 0) is 48.7 Å². The van der Waals surface area contributed by atoms with Crippen LogP contribution in [0.1, 0.15) is 17.9 Å². The highest BCUT2D eigenvalue weighted by Gasteiger charge is 2.27. The molecule has 5 heteroatoms. The van der Waals surface area contributed by atoms with E-state index >= 15 is 0 Å². The van der Waals surface area contributed by atoms with E-state index in [-0.39, 0.29) is 11.6 Å². The van der Waals surface area contributed by atoms with Crippen LogP contribution in [0.4, 0.5) is 4.39 Å². The first-order valence-electron chi connectivity index (χ1n) is 8.13. The quantitative estimate of drug-likeness (QED) is 0.882. The minimum Gasteiger partial charge on any atom is -0.504 e. The second kappa shape index (κ2) is 7.53. The first kappa shape index (κ1) is 16.6. The smallest absolute Gasteiger partial charge is 0.164 e. The van der Waals surface area contributed by atoms with Gasteiger partial charge in [0.1, 0.15) is 11.6 Å². The second-order valence-corrected chi connectivity index (χ2v) is 6.06. The summed E-state index contributed by atoms with van der Waals surface area (Å²) < 4.78 is 24.2. The summed E-state index contributed by atoms with van der Waals surface area (Å²) in [6.07, 6.45) is 0.999. The minimum atomic E-state index is -0.211. The van der Waals surface area contributed by atoms with Crippen LogP contribution in [0.15, 0.2) is 42.5 Å². The Labute approximate surface area is 141 Å². The van der Waals surface area contributed by atoms with Gasteiger partial charge in [0.15, 0.2) is 11.5 Å². The molecule has 1 aliphatic rings. The summed E-state index contributed by atoms with van der Waals surface area (Å²) in [5.74, 6) is 1.57. The molecule has 1 fully saturated rings. The molecule has 0 aromatic heterocycles. The molecule has 0 radical (unpaired) electrons. The van der Waals surface area contributed by atoms with Crippen molar-refractivity contribution in [3.8, 4) is 17.2 Å². The molecule has 1 saturated heterocycles. The zero-order chi connectivity index (χ0) is 16.9. The van der Waals surface area contributed by atoms with Crippen molar-refractivity contribution in [3.63, 3.8) is 0 Å². The Bertz CT molecular complexity index is 675. The fraction of sp³-hybridized carbons (Fsp3) is 0.368. The number of aromatic hydroxyl groups is 1. The summed E-state index contributed by atoms with van der Waals surface area (Å²) in [5.41, 5.74) is 1.15. The van der Waals surface area contributed by atoms with Crippen LogP contribution in [0.2, 0.25) is 0 Å².